The number of rotatable bonds is 7. The lowest BCUT2D eigenvalue weighted by atomic mass is 9.84. The molecule has 0 amide bonds. The fourth-order valence-corrected chi connectivity index (χ4v) is 7.36. The van der Waals surface area contributed by atoms with Crippen LogP contribution in [0.25, 0.3) is 61.7 Å². The van der Waals surface area contributed by atoms with Crippen molar-refractivity contribution in [1.82, 2.24) is 4.98 Å². The van der Waals surface area contributed by atoms with Gasteiger partial charge < -0.3 is 0 Å². The van der Waals surface area contributed by atoms with Gasteiger partial charge in [0.1, 0.15) is 0 Å². The van der Waals surface area contributed by atoms with E-state index >= 15 is 0 Å². The molecule has 7 aromatic rings. The Labute approximate surface area is 295 Å². The largest absolute Gasteiger partial charge is 0.280 e. The first-order valence-corrected chi connectivity index (χ1v) is 17.6. The smallest absolute Gasteiger partial charge is 0.0725 e. The second-order valence-corrected chi connectivity index (χ2v) is 13.5. The summed E-state index contributed by atoms with van der Waals surface area (Å²) in [7, 11) is 0. The summed E-state index contributed by atoms with van der Waals surface area (Å²) >= 11 is 0. The Balaban J connectivity index is 1.22. The van der Waals surface area contributed by atoms with Crippen molar-refractivity contribution in [2.45, 2.75) is 32.2 Å². The van der Waals surface area contributed by atoms with Crippen LogP contribution in [-0.4, -0.2) is 11.0 Å². The molecule has 242 valence electrons. The van der Waals surface area contributed by atoms with E-state index in [9.17, 15) is 0 Å². The van der Waals surface area contributed by atoms with Crippen LogP contribution in [0.4, 0.5) is 0 Å². The normalized spacial score (nSPS) is 16.0. The van der Waals surface area contributed by atoms with Gasteiger partial charge in [-0.1, -0.05) is 153 Å². The SMILES string of the molecule is CC1CC=c2cc(-c3ccc(-c4ccccc4)cc3)cc(-c3ccc(-c4ccccc4)cc3)c2=NC1C(C)c1ccc(-c2ccncc2)cc1. The number of pyridine rings is 1. The molecule has 0 saturated carbocycles. The van der Waals surface area contributed by atoms with Crippen LogP contribution in [0.3, 0.4) is 0 Å². The number of nitrogens with zero attached hydrogens (tertiary/aromatic N) is 2. The molecule has 0 fully saturated rings. The summed E-state index contributed by atoms with van der Waals surface area (Å²) in [6, 6.07) is 57.2. The summed E-state index contributed by atoms with van der Waals surface area (Å²) in [5.41, 5.74) is 13.4. The van der Waals surface area contributed by atoms with Crippen LogP contribution in [0.1, 0.15) is 31.7 Å². The Kier molecular flexibility index (Phi) is 8.76. The predicted molar refractivity (Wildman–Crippen MR) is 209 cm³/mol. The maximum absolute atomic E-state index is 5.68. The van der Waals surface area contributed by atoms with E-state index in [2.05, 4.69) is 183 Å². The van der Waals surface area contributed by atoms with E-state index in [0.29, 0.717) is 5.92 Å². The summed E-state index contributed by atoms with van der Waals surface area (Å²) in [5.74, 6) is 0.647. The molecule has 0 radical (unpaired) electrons. The monoisotopic (exact) mass is 644 g/mol. The van der Waals surface area contributed by atoms with Crippen molar-refractivity contribution >= 4 is 6.08 Å². The third-order valence-electron chi connectivity index (χ3n) is 10.3. The first-order chi connectivity index (χ1) is 24.6. The Bertz CT molecular complexity index is 2330. The minimum absolute atomic E-state index is 0.137. The van der Waals surface area contributed by atoms with Crippen molar-refractivity contribution in [2.75, 3.05) is 0 Å². The molecule has 8 rings (SSSR count). The third-order valence-corrected chi connectivity index (χ3v) is 10.3. The molecule has 0 aliphatic carbocycles. The predicted octanol–water partition coefficient (Wildman–Crippen LogP) is 11.0. The van der Waals surface area contributed by atoms with Crippen molar-refractivity contribution in [3.63, 3.8) is 0 Å². The second kappa shape index (κ2) is 13.9. The Morgan fingerprint density at radius 3 is 1.52 bits per heavy atom. The van der Waals surface area contributed by atoms with Gasteiger partial charge in [0.15, 0.2) is 0 Å². The molecular weight excluding hydrogens is 605 g/mol. The van der Waals surface area contributed by atoms with E-state index in [0.717, 1.165) is 11.8 Å². The zero-order chi connectivity index (χ0) is 33.9. The lowest BCUT2D eigenvalue weighted by Crippen LogP contribution is -2.30. The highest BCUT2D eigenvalue weighted by atomic mass is 14.8. The molecule has 0 bridgehead atoms. The molecule has 3 atom stereocenters. The van der Waals surface area contributed by atoms with E-state index in [1.54, 1.807) is 0 Å². The van der Waals surface area contributed by atoms with Gasteiger partial charge in [0.25, 0.3) is 0 Å². The highest BCUT2D eigenvalue weighted by Gasteiger charge is 2.26. The Hall–Kier alpha value is -5.86. The molecule has 1 aromatic heterocycles. The van der Waals surface area contributed by atoms with Crippen LogP contribution in [0.2, 0.25) is 0 Å². The van der Waals surface area contributed by atoms with Crippen molar-refractivity contribution in [3.8, 4) is 55.6 Å². The zero-order valence-electron chi connectivity index (χ0n) is 28.6. The van der Waals surface area contributed by atoms with E-state index < -0.39 is 0 Å². The maximum Gasteiger partial charge on any atom is 0.0725 e. The van der Waals surface area contributed by atoms with Gasteiger partial charge in [0.05, 0.1) is 11.4 Å². The average Bonchev–Trinajstić information content (AvgIpc) is 3.37. The molecule has 0 N–H and O–H groups in total. The Morgan fingerprint density at radius 1 is 0.500 bits per heavy atom. The lowest BCUT2D eigenvalue weighted by Gasteiger charge is -2.26. The fraction of sp³-hybridized carbons (Fsp3) is 0.125. The third kappa shape index (κ3) is 6.45. The highest BCUT2D eigenvalue weighted by Crippen LogP contribution is 2.33. The van der Waals surface area contributed by atoms with Crippen LogP contribution in [0.5, 0.6) is 0 Å². The first-order valence-electron chi connectivity index (χ1n) is 17.6. The van der Waals surface area contributed by atoms with Crippen molar-refractivity contribution in [2.24, 2.45) is 10.9 Å². The van der Waals surface area contributed by atoms with E-state index in [1.165, 1.54) is 66.4 Å². The molecule has 0 spiro atoms. The van der Waals surface area contributed by atoms with E-state index in [1.807, 2.05) is 12.4 Å². The van der Waals surface area contributed by atoms with Gasteiger partial charge in [-0.15, -0.1) is 0 Å². The molecule has 50 heavy (non-hydrogen) atoms. The molecule has 6 aromatic carbocycles. The second-order valence-electron chi connectivity index (χ2n) is 13.5. The van der Waals surface area contributed by atoms with Crippen molar-refractivity contribution in [3.05, 3.63) is 186 Å². The van der Waals surface area contributed by atoms with Crippen LogP contribution in [-0.2, 0) is 0 Å². The number of benzene rings is 6. The first kappa shape index (κ1) is 31.4. The molecule has 1 aliphatic rings. The van der Waals surface area contributed by atoms with Gasteiger partial charge in [0, 0.05) is 23.9 Å². The van der Waals surface area contributed by atoms with Gasteiger partial charge in [-0.2, -0.15) is 0 Å². The Morgan fingerprint density at radius 2 is 0.960 bits per heavy atom. The molecule has 2 heterocycles. The van der Waals surface area contributed by atoms with E-state index in [-0.39, 0.29) is 12.0 Å². The molecule has 2 nitrogen and oxygen atoms in total. The van der Waals surface area contributed by atoms with Gasteiger partial charge in [-0.05, 0) is 97.5 Å². The van der Waals surface area contributed by atoms with Gasteiger partial charge >= 0.3 is 0 Å². The van der Waals surface area contributed by atoms with Crippen molar-refractivity contribution < 1.29 is 0 Å². The summed E-state index contributed by atoms with van der Waals surface area (Å²) in [6.07, 6.45) is 7.10. The number of hydrogen-bond acceptors (Lipinski definition) is 2. The van der Waals surface area contributed by atoms with Crippen LogP contribution in [0.15, 0.2) is 175 Å². The average molecular weight is 645 g/mol. The molecule has 0 saturated heterocycles. The number of fused-ring (bicyclic) bond motifs is 1. The standard InChI is InChI=1S/C48H40N2/c1-33-13-14-44-31-45(41-21-19-38(20-22-41)36-9-5-3-6-10-36)32-46(43-25-23-39(24-26-43)37-11-7-4-8-12-37)48(44)50-47(33)34(2)35-15-17-40(18-16-35)42-27-29-49-30-28-42/h3-12,14-34,47H,13H2,1-2H3. The van der Waals surface area contributed by atoms with Crippen molar-refractivity contribution in [1.29, 1.82) is 0 Å². The molecular formula is C48H40N2. The molecule has 1 aliphatic heterocycles. The van der Waals surface area contributed by atoms with Crippen LogP contribution >= 0.6 is 0 Å². The topological polar surface area (TPSA) is 25.2 Å². The van der Waals surface area contributed by atoms with Gasteiger partial charge in [-0.25, -0.2) is 0 Å². The fourth-order valence-electron chi connectivity index (χ4n) is 7.36. The molecule has 2 heteroatoms. The highest BCUT2D eigenvalue weighted by molar-refractivity contribution is 5.77. The minimum atomic E-state index is 0.137. The number of hydrogen-bond donors (Lipinski definition) is 0. The van der Waals surface area contributed by atoms with Crippen LogP contribution < -0.4 is 10.6 Å². The summed E-state index contributed by atoms with van der Waals surface area (Å²) < 4.78 is 0. The minimum Gasteiger partial charge on any atom is -0.280 e. The van der Waals surface area contributed by atoms with Crippen LogP contribution in [0, 0.1) is 5.92 Å². The summed E-state index contributed by atoms with van der Waals surface area (Å²) in [5, 5.41) is 2.31. The summed E-state index contributed by atoms with van der Waals surface area (Å²) in [6.45, 7) is 4.70. The molecule has 3 unspecified atom stereocenters. The summed E-state index contributed by atoms with van der Waals surface area (Å²) in [4.78, 5) is 9.87. The quantitative estimate of drug-likeness (QED) is 0.169. The lowest BCUT2D eigenvalue weighted by molar-refractivity contribution is 0.413. The zero-order valence-corrected chi connectivity index (χ0v) is 28.6. The maximum atomic E-state index is 5.68. The number of aromatic nitrogens is 1. The van der Waals surface area contributed by atoms with E-state index in [4.69, 9.17) is 4.99 Å². The van der Waals surface area contributed by atoms with Gasteiger partial charge in [0.2, 0.25) is 0 Å². The van der Waals surface area contributed by atoms with Gasteiger partial charge in [-0.3, -0.25) is 9.98 Å².